The van der Waals surface area contributed by atoms with E-state index in [2.05, 4.69) is 5.32 Å². The standard InChI is InChI=1S/C21H15NO5S/c23-19(9-7-13-6-8-16-17(10-13)27-12-26-16)22-15-11-18(28-20(15)21(24)25)14-4-2-1-3-5-14/h1-11H,12H2,(H,22,23)(H,24,25). The third kappa shape index (κ3) is 3.74. The van der Waals surface area contributed by atoms with Crippen LogP contribution in [0.1, 0.15) is 15.2 Å². The molecule has 0 saturated carbocycles. The lowest BCUT2D eigenvalue weighted by molar-refractivity contribution is -0.111. The summed E-state index contributed by atoms with van der Waals surface area (Å²) in [4.78, 5) is 24.7. The zero-order valence-electron chi connectivity index (χ0n) is 14.5. The van der Waals surface area contributed by atoms with Gasteiger partial charge in [0.2, 0.25) is 12.7 Å². The minimum atomic E-state index is -1.08. The number of ether oxygens (including phenoxy) is 2. The van der Waals surface area contributed by atoms with Crippen LogP contribution >= 0.6 is 11.3 Å². The van der Waals surface area contributed by atoms with Crippen molar-refractivity contribution >= 4 is 35.0 Å². The number of nitrogens with one attached hydrogen (secondary N) is 1. The van der Waals surface area contributed by atoms with Gasteiger partial charge in [0.25, 0.3) is 0 Å². The first-order valence-corrected chi connectivity index (χ1v) is 9.23. The summed E-state index contributed by atoms with van der Waals surface area (Å²) in [6.45, 7) is 0.183. The van der Waals surface area contributed by atoms with Crippen LogP contribution < -0.4 is 14.8 Å². The molecular formula is C21H15NO5S. The first kappa shape index (κ1) is 17.8. The van der Waals surface area contributed by atoms with Crippen molar-refractivity contribution in [2.75, 3.05) is 12.1 Å². The van der Waals surface area contributed by atoms with Gasteiger partial charge in [-0.15, -0.1) is 11.3 Å². The van der Waals surface area contributed by atoms with E-state index in [1.807, 2.05) is 30.3 Å². The lowest BCUT2D eigenvalue weighted by Gasteiger charge is -2.01. The summed E-state index contributed by atoms with van der Waals surface area (Å²) < 4.78 is 10.6. The summed E-state index contributed by atoms with van der Waals surface area (Å²) in [5.74, 6) is -0.208. The van der Waals surface area contributed by atoms with Crippen LogP contribution in [-0.2, 0) is 4.79 Å². The molecule has 0 atom stereocenters. The van der Waals surface area contributed by atoms with Crippen LogP contribution in [-0.4, -0.2) is 23.8 Å². The zero-order chi connectivity index (χ0) is 19.5. The van der Waals surface area contributed by atoms with Crippen LogP contribution in [0.5, 0.6) is 11.5 Å². The molecule has 1 aliphatic rings. The van der Waals surface area contributed by atoms with Gasteiger partial charge < -0.3 is 19.9 Å². The number of carboxylic acids is 1. The largest absolute Gasteiger partial charge is 0.477 e. The Bertz CT molecular complexity index is 1070. The number of carbonyl (C=O) groups is 2. The number of aromatic carboxylic acids is 1. The number of rotatable bonds is 5. The Morgan fingerprint density at radius 1 is 1.04 bits per heavy atom. The van der Waals surface area contributed by atoms with Gasteiger partial charge in [-0.25, -0.2) is 4.79 Å². The molecule has 2 aromatic carbocycles. The number of carboxylic acid groups (broad SMARTS) is 1. The third-order valence-corrected chi connectivity index (χ3v) is 5.24. The van der Waals surface area contributed by atoms with Crippen molar-refractivity contribution in [2.45, 2.75) is 0 Å². The molecule has 0 radical (unpaired) electrons. The SMILES string of the molecule is O=C(C=Cc1ccc2c(c1)OCO2)Nc1cc(-c2ccccc2)sc1C(=O)O. The van der Waals surface area contributed by atoms with Gasteiger partial charge in [-0.2, -0.15) is 0 Å². The molecule has 0 aliphatic carbocycles. The number of fused-ring (bicyclic) bond motifs is 1. The highest BCUT2D eigenvalue weighted by atomic mass is 32.1. The maximum Gasteiger partial charge on any atom is 0.348 e. The van der Waals surface area contributed by atoms with E-state index in [-0.39, 0.29) is 17.4 Å². The maximum atomic E-state index is 12.3. The van der Waals surface area contributed by atoms with E-state index in [9.17, 15) is 14.7 Å². The van der Waals surface area contributed by atoms with Crippen LogP contribution in [0.2, 0.25) is 0 Å². The molecule has 0 bridgehead atoms. The number of anilines is 1. The van der Waals surface area contributed by atoms with Crippen molar-refractivity contribution in [1.82, 2.24) is 0 Å². The Balaban J connectivity index is 1.52. The molecule has 3 aromatic rings. The Morgan fingerprint density at radius 2 is 1.82 bits per heavy atom. The lowest BCUT2D eigenvalue weighted by Crippen LogP contribution is -2.09. The molecule has 2 N–H and O–H groups in total. The molecule has 140 valence electrons. The fourth-order valence-electron chi connectivity index (χ4n) is 2.75. The number of thiophene rings is 1. The molecule has 6 nitrogen and oxygen atoms in total. The van der Waals surface area contributed by atoms with Gasteiger partial charge in [-0.3, -0.25) is 4.79 Å². The second-order valence-electron chi connectivity index (χ2n) is 5.96. The van der Waals surface area contributed by atoms with Crippen molar-refractivity contribution in [1.29, 1.82) is 0 Å². The summed E-state index contributed by atoms with van der Waals surface area (Å²) in [5, 5.41) is 12.1. The van der Waals surface area contributed by atoms with Crippen LogP contribution in [0.4, 0.5) is 5.69 Å². The van der Waals surface area contributed by atoms with Gasteiger partial charge in [0, 0.05) is 11.0 Å². The van der Waals surface area contributed by atoms with Crippen molar-refractivity contribution in [3.63, 3.8) is 0 Å². The third-order valence-electron chi connectivity index (χ3n) is 4.07. The number of benzene rings is 2. The van der Waals surface area contributed by atoms with Crippen molar-refractivity contribution in [3.05, 3.63) is 71.1 Å². The second-order valence-corrected chi connectivity index (χ2v) is 7.01. The number of hydrogen-bond acceptors (Lipinski definition) is 5. The first-order chi connectivity index (χ1) is 13.6. The molecule has 1 aliphatic heterocycles. The van der Waals surface area contributed by atoms with Crippen molar-refractivity contribution < 1.29 is 24.2 Å². The predicted octanol–water partition coefficient (Wildman–Crippen LogP) is 4.49. The highest BCUT2D eigenvalue weighted by Crippen LogP contribution is 2.35. The quantitative estimate of drug-likeness (QED) is 0.624. The normalized spacial score (nSPS) is 12.3. The average Bonchev–Trinajstić information content (AvgIpc) is 3.33. The summed E-state index contributed by atoms with van der Waals surface area (Å²) in [7, 11) is 0. The number of amides is 1. The minimum absolute atomic E-state index is 0.0867. The summed E-state index contributed by atoms with van der Waals surface area (Å²) in [6, 6.07) is 16.4. The summed E-state index contributed by atoms with van der Waals surface area (Å²) in [6.07, 6.45) is 2.98. The van der Waals surface area contributed by atoms with Gasteiger partial charge in [0.15, 0.2) is 11.5 Å². The smallest absolute Gasteiger partial charge is 0.348 e. The Morgan fingerprint density at radius 3 is 2.61 bits per heavy atom. The van der Waals surface area contributed by atoms with Crippen LogP contribution in [0, 0.1) is 0 Å². The van der Waals surface area contributed by atoms with E-state index < -0.39 is 11.9 Å². The maximum absolute atomic E-state index is 12.3. The first-order valence-electron chi connectivity index (χ1n) is 8.41. The van der Waals surface area contributed by atoms with Gasteiger partial charge >= 0.3 is 5.97 Å². The Labute approximate surface area is 164 Å². The van der Waals surface area contributed by atoms with Gasteiger partial charge in [0.1, 0.15) is 4.88 Å². The van der Waals surface area contributed by atoms with E-state index in [1.165, 1.54) is 6.08 Å². The number of hydrogen-bond donors (Lipinski definition) is 2. The summed E-state index contributed by atoms with van der Waals surface area (Å²) in [5.41, 5.74) is 1.94. The van der Waals surface area contributed by atoms with Crippen LogP contribution in [0.15, 0.2) is 60.7 Å². The zero-order valence-corrected chi connectivity index (χ0v) is 15.4. The van der Waals surface area contributed by atoms with Crippen LogP contribution in [0.3, 0.4) is 0 Å². The molecule has 1 amide bonds. The molecule has 0 saturated heterocycles. The van der Waals surface area contributed by atoms with E-state index >= 15 is 0 Å². The fourth-order valence-corrected chi connectivity index (χ4v) is 3.71. The summed E-state index contributed by atoms with van der Waals surface area (Å²) >= 11 is 1.12. The molecule has 0 spiro atoms. The fraction of sp³-hybridized carbons (Fsp3) is 0.0476. The minimum Gasteiger partial charge on any atom is -0.477 e. The van der Waals surface area contributed by atoms with Crippen molar-refractivity contribution in [2.24, 2.45) is 0 Å². The molecule has 7 heteroatoms. The van der Waals surface area contributed by atoms with E-state index in [1.54, 1.807) is 30.3 Å². The van der Waals surface area contributed by atoms with Gasteiger partial charge in [-0.1, -0.05) is 36.4 Å². The lowest BCUT2D eigenvalue weighted by atomic mass is 10.2. The number of carbonyl (C=O) groups excluding carboxylic acids is 1. The molecule has 1 aromatic heterocycles. The van der Waals surface area contributed by atoms with E-state index in [0.717, 1.165) is 27.3 Å². The molecule has 4 rings (SSSR count). The Hall–Kier alpha value is -3.58. The van der Waals surface area contributed by atoms with Gasteiger partial charge in [-0.05, 0) is 35.4 Å². The monoisotopic (exact) mass is 393 g/mol. The molecule has 28 heavy (non-hydrogen) atoms. The predicted molar refractivity (Wildman–Crippen MR) is 107 cm³/mol. The molecule has 2 heterocycles. The van der Waals surface area contributed by atoms with E-state index in [0.29, 0.717) is 11.5 Å². The van der Waals surface area contributed by atoms with Crippen LogP contribution in [0.25, 0.3) is 16.5 Å². The highest BCUT2D eigenvalue weighted by Gasteiger charge is 2.17. The molecule has 0 fully saturated rings. The second kappa shape index (κ2) is 7.58. The van der Waals surface area contributed by atoms with E-state index in [4.69, 9.17) is 9.47 Å². The van der Waals surface area contributed by atoms with Gasteiger partial charge in [0.05, 0.1) is 5.69 Å². The Kier molecular flexibility index (Phi) is 4.82. The average molecular weight is 393 g/mol. The van der Waals surface area contributed by atoms with Crippen molar-refractivity contribution in [3.8, 4) is 21.9 Å². The molecule has 0 unspecified atom stereocenters. The highest BCUT2D eigenvalue weighted by molar-refractivity contribution is 7.18. The topological polar surface area (TPSA) is 84.9 Å². The molecular weight excluding hydrogens is 378 g/mol.